The van der Waals surface area contributed by atoms with Crippen LogP contribution in [0.3, 0.4) is 0 Å². The van der Waals surface area contributed by atoms with Crippen LogP contribution in [0.1, 0.15) is 5.56 Å². The number of rotatable bonds is 4. The molecule has 0 amide bonds. The van der Waals surface area contributed by atoms with Crippen LogP contribution >= 0.6 is 24.0 Å². The van der Waals surface area contributed by atoms with E-state index in [9.17, 15) is 0 Å². The molecule has 0 spiro atoms. The van der Waals surface area contributed by atoms with Crippen molar-refractivity contribution >= 4 is 34.8 Å². The zero-order chi connectivity index (χ0) is 9.52. The quantitative estimate of drug-likeness (QED) is 0.557. The van der Waals surface area contributed by atoms with Crippen LogP contribution in [0.15, 0.2) is 29.3 Å². The Bertz CT molecular complexity index is 316. The van der Waals surface area contributed by atoms with E-state index in [4.69, 9.17) is 0 Å². The lowest BCUT2D eigenvalue weighted by Gasteiger charge is -2.01. The fraction of sp³-hybridized carbons (Fsp3) is 0.300. The fourth-order valence-electron chi connectivity index (χ4n) is 1.09. The van der Waals surface area contributed by atoms with Crippen LogP contribution in [-0.4, -0.2) is 17.2 Å². The molecule has 0 unspecified atom stereocenters. The average Bonchev–Trinajstić information content (AvgIpc) is 2.17. The highest BCUT2D eigenvalue weighted by Crippen LogP contribution is 2.19. The number of thiocarbonyl (C=S) groups is 1. The first-order chi connectivity index (χ1) is 6.38. The molecule has 1 nitrogen and oxygen atoms in total. The Balaban J connectivity index is 2.84. The van der Waals surface area contributed by atoms with Crippen molar-refractivity contribution < 1.29 is 0 Å². The van der Waals surface area contributed by atoms with Gasteiger partial charge in [0.25, 0.3) is 0 Å². The largest absolute Gasteiger partial charge is 0.194 e. The van der Waals surface area contributed by atoms with Crippen LogP contribution in [0.4, 0.5) is 5.69 Å². The van der Waals surface area contributed by atoms with E-state index in [1.54, 1.807) is 0 Å². The van der Waals surface area contributed by atoms with Crippen LogP contribution in [0.2, 0.25) is 0 Å². The Morgan fingerprint density at radius 3 is 2.92 bits per heavy atom. The monoisotopic (exact) mass is 209 g/mol. The highest BCUT2D eigenvalue weighted by atomic mass is 32.2. The highest BCUT2D eigenvalue weighted by molar-refractivity contribution is 7.98. The number of thioether (sulfide) groups is 1. The van der Waals surface area contributed by atoms with Gasteiger partial charge in [-0.3, -0.25) is 0 Å². The Kier molecular flexibility index (Phi) is 4.76. The SMILES string of the molecule is CSCCc1ccccc1N=C=S. The van der Waals surface area contributed by atoms with E-state index < -0.39 is 0 Å². The Hall–Kier alpha value is -0.630. The number of hydrogen-bond acceptors (Lipinski definition) is 3. The van der Waals surface area contributed by atoms with Gasteiger partial charge >= 0.3 is 0 Å². The van der Waals surface area contributed by atoms with E-state index in [1.807, 2.05) is 30.0 Å². The molecule has 0 radical (unpaired) electrons. The van der Waals surface area contributed by atoms with Crippen LogP contribution < -0.4 is 0 Å². The van der Waals surface area contributed by atoms with Gasteiger partial charge in [0, 0.05) is 0 Å². The van der Waals surface area contributed by atoms with Crippen LogP contribution in [0.25, 0.3) is 0 Å². The number of benzene rings is 1. The van der Waals surface area contributed by atoms with Crippen molar-refractivity contribution in [3.05, 3.63) is 29.8 Å². The minimum absolute atomic E-state index is 0.951. The maximum absolute atomic E-state index is 4.58. The molecule has 3 heteroatoms. The summed E-state index contributed by atoms with van der Waals surface area (Å²) in [5.41, 5.74) is 2.20. The van der Waals surface area contributed by atoms with Gasteiger partial charge in [-0.2, -0.15) is 16.8 Å². The van der Waals surface area contributed by atoms with Gasteiger partial charge in [-0.25, -0.2) is 0 Å². The third-order valence-corrected chi connectivity index (χ3v) is 2.44. The van der Waals surface area contributed by atoms with Gasteiger partial charge in [0.05, 0.1) is 10.8 Å². The van der Waals surface area contributed by atoms with Gasteiger partial charge < -0.3 is 0 Å². The van der Waals surface area contributed by atoms with Gasteiger partial charge in [0.15, 0.2) is 0 Å². The molecule has 0 aliphatic rings. The summed E-state index contributed by atoms with van der Waals surface area (Å²) in [6.45, 7) is 0. The van der Waals surface area contributed by atoms with E-state index in [-0.39, 0.29) is 0 Å². The summed E-state index contributed by atoms with van der Waals surface area (Å²) in [6.07, 6.45) is 3.14. The predicted octanol–water partition coefficient (Wildman–Crippen LogP) is 3.33. The second-order valence-electron chi connectivity index (χ2n) is 2.57. The molecule has 0 N–H and O–H groups in total. The smallest absolute Gasteiger partial charge is 0.0771 e. The van der Waals surface area contributed by atoms with E-state index in [0.29, 0.717) is 0 Å². The maximum Gasteiger partial charge on any atom is 0.0771 e. The van der Waals surface area contributed by atoms with Crippen molar-refractivity contribution in [2.75, 3.05) is 12.0 Å². The molecule has 0 atom stereocenters. The molecular formula is C10H11NS2. The molecule has 13 heavy (non-hydrogen) atoms. The van der Waals surface area contributed by atoms with Crippen molar-refractivity contribution in [2.24, 2.45) is 4.99 Å². The molecule has 0 aliphatic carbocycles. The standard InChI is InChI=1S/C10H11NS2/c1-13-7-6-9-4-2-3-5-10(9)11-8-12/h2-5H,6-7H2,1H3. The number of nitrogens with zero attached hydrogens (tertiary/aromatic N) is 1. The lowest BCUT2D eigenvalue weighted by Crippen LogP contribution is -1.87. The fourth-order valence-corrected chi connectivity index (χ4v) is 1.61. The molecule has 0 bridgehead atoms. The first-order valence-electron chi connectivity index (χ1n) is 4.03. The molecule has 1 rings (SSSR count). The van der Waals surface area contributed by atoms with Crippen molar-refractivity contribution in [1.29, 1.82) is 0 Å². The molecule has 1 aromatic rings. The molecule has 0 saturated carbocycles. The first kappa shape index (κ1) is 10.5. The molecule has 68 valence electrons. The third-order valence-electron chi connectivity index (χ3n) is 1.73. The van der Waals surface area contributed by atoms with Crippen molar-refractivity contribution in [2.45, 2.75) is 6.42 Å². The summed E-state index contributed by atoms with van der Waals surface area (Å²) in [6, 6.07) is 8.04. The molecular weight excluding hydrogens is 198 g/mol. The first-order valence-corrected chi connectivity index (χ1v) is 5.83. The Labute approximate surface area is 88.3 Å². The zero-order valence-electron chi connectivity index (χ0n) is 7.49. The van der Waals surface area contributed by atoms with Gasteiger partial charge in [0.2, 0.25) is 0 Å². The molecule has 0 saturated heterocycles. The number of isothiocyanates is 1. The molecule has 1 aromatic carbocycles. The average molecular weight is 209 g/mol. The summed E-state index contributed by atoms with van der Waals surface area (Å²) in [4.78, 5) is 4.02. The molecule has 0 fully saturated rings. The summed E-state index contributed by atoms with van der Waals surface area (Å²) < 4.78 is 0. The minimum atomic E-state index is 0.951. The van der Waals surface area contributed by atoms with Crippen LogP contribution in [-0.2, 0) is 6.42 Å². The second-order valence-corrected chi connectivity index (χ2v) is 3.74. The lowest BCUT2D eigenvalue weighted by molar-refractivity contribution is 1.15. The Morgan fingerprint density at radius 2 is 2.23 bits per heavy atom. The Morgan fingerprint density at radius 1 is 1.46 bits per heavy atom. The lowest BCUT2D eigenvalue weighted by atomic mass is 10.1. The van der Waals surface area contributed by atoms with E-state index in [1.165, 1.54) is 5.56 Å². The third kappa shape index (κ3) is 3.31. The zero-order valence-corrected chi connectivity index (χ0v) is 9.12. The predicted molar refractivity (Wildman–Crippen MR) is 63.2 cm³/mol. The number of para-hydroxylation sites is 1. The summed E-state index contributed by atoms with van der Waals surface area (Å²) in [5, 5.41) is 2.40. The van der Waals surface area contributed by atoms with Gasteiger partial charge in [0.1, 0.15) is 0 Å². The van der Waals surface area contributed by atoms with Crippen LogP contribution in [0, 0.1) is 0 Å². The van der Waals surface area contributed by atoms with Crippen LogP contribution in [0.5, 0.6) is 0 Å². The van der Waals surface area contributed by atoms with Crippen molar-refractivity contribution in [1.82, 2.24) is 0 Å². The summed E-state index contributed by atoms with van der Waals surface area (Å²) in [7, 11) is 0. The number of aryl methyl sites for hydroxylation is 1. The highest BCUT2D eigenvalue weighted by Gasteiger charge is 1.98. The summed E-state index contributed by atoms with van der Waals surface area (Å²) in [5.74, 6) is 1.12. The minimum Gasteiger partial charge on any atom is -0.194 e. The molecule has 0 aliphatic heterocycles. The van der Waals surface area contributed by atoms with Gasteiger partial charge in [-0.05, 0) is 42.3 Å². The maximum atomic E-state index is 4.58. The van der Waals surface area contributed by atoms with E-state index in [2.05, 4.69) is 34.7 Å². The molecule has 0 heterocycles. The van der Waals surface area contributed by atoms with Gasteiger partial charge in [-0.15, -0.1) is 0 Å². The topological polar surface area (TPSA) is 12.4 Å². The van der Waals surface area contributed by atoms with E-state index >= 15 is 0 Å². The molecule has 0 aromatic heterocycles. The normalized spacial score (nSPS) is 9.31. The number of hydrogen-bond donors (Lipinski definition) is 0. The van der Waals surface area contributed by atoms with Gasteiger partial charge in [-0.1, -0.05) is 18.2 Å². The number of aliphatic imine (C=N–C) groups is 1. The summed E-state index contributed by atoms with van der Waals surface area (Å²) >= 11 is 6.42. The second kappa shape index (κ2) is 5.92. The van der Waals surface area contributed by atoms with E-state index in [0.717, 1.165) is 17.9 Å². The van der Waals surface area contributed by atoms with Crippen molar-refractivity contribution in [3.63, 3.8) is 0 Å². The van der Waals surface area contributed by atoms with Crippen molar-refractivity contribution in [3.8, 4) is 0 Å².